The summed E-state index contributed by atoms with van der Waals surface area (Å²) in [5, 5.41) is 5.45. The average Bonchev–Trinajstić information content (AvgIpc) is 2.86. The fourth-order valence-electron chi connectivity index (χ4n) is 1.54. The summed E-state index contributed by atoms with van der Waals surface area (Å²) >= 11 is 0. The summed E-state index contributed by atoms with van der Waals surface area (Å²) in [4.78, 5) is 14.8. The van der Waals surface area contributed by atoms with Gasteiger partial charge in [0.1, 0.15) is 0 Å². The molecule has 1 heterocycles. The summed E-state index contributed by atoms with van der Waals surface area (Å²) in [7, 11) is -2.38. The van der Waals surface area contributed by atoms with E-state index >= 15 is 0 Å². The lowest BCUT2D eigenvalue weighted by molar-refractivity contribution is 0.0600. The molecule has 0 saturated carbocycles. The van der Waals surface area contributed by atoms with E-state index in [2.05, 4.69) is 19.9 Å². The number of benzene rings is 1. The van der Waals surface area contributed by atoms with Gasteiger partial charge < -0.3 is 10.5 Å². The van der Waals surface area contributed by atoms with E-state index in [1.54, 1.807) is 0 Å². The molecule has 0 amide bonds. The van der Waals surface area contributed by atoms with Gasteiger partial charge in [-0.1, -0.05) is 12.1 Å². The van der Waals surface area contributed by atoms with Gasteiger partial charge in [-0.25, -0.2) is 18.3 Å². The van der Waals surface area contributed by atoms with Gasteiger partial charge >= 0.3 is 5.97 Å². The largest absolute Gasteiger partial charge is 0.465 e. The van der Waals surface area contributed by atoms with Crippen LogP contribution in [0.2, 0.25) is 0 Å². The van der Waals surface area contributed by atoms with Gasteiger partial charge in [0.2, 0.25) is 20.9 Å². The number of anilines is 1. The number of esters is 1. The number of ether oxygens (including phenoxy) is 1. The Morgan fingerprint density at radius 2 is 2.00 bits per heavy atom. The molecule has 0 aliphatic heterocycles. The molecule has 0 aliphatic rings. The van der Waals surface area contributed by atoms with E-state index in [1.807, 2.05) is 0 Å². The lowest BCUT2D eigenvalue weighted by atomic mass is 10.1. The smallest absolute Gasteiger partial charge is 0.337 e. The van der Waals surface area contributed by atoms with Crippen LogP contribution in [0.4, 0.5) is 5.95 Å². The number of nitrogens with one attached hydrogen (secondary N) is 1. The molecule has 20 heavy (non-hydrogen) atoms. The summed E-state index contributed by atoms with van der Waals surface area (Å²) < 4.78 is 28.6. The van der Waals surface area contributed by atoms with Crippen molar-refractivity contribution in [2.75, 3.05) is 12.8 Å². The van der Waals surface area contributed by atoms with Crippen molar-refractivity contribution in [1.29, 1.82) is 0 Å². The van der Waals surface area contributed by atoms with Crippen LogP contribution in [0.15, 0.2) is 29.4 Å². The Morgan fingerprint density at radius 3 is 2.50 bits per heavy atom. The number of aromatic amines is 1. The van der Waals surface area contributed by atoms with Gasteiger partial charge in [-0.2, -0.15) is 4.98 Å². The maximum atomic E-state index is 12.0. The molecule has 2 aromatic rings. The lowest BCUT2D eigenvalue weighted by Gasteiger charge is -2.03. The van der Waals surface area contributed by atoms with Crippen LogP contribution in [0, 0.1) is 0 Å². The number of nitrogens with two attached hydrogens (primary N) is 1. The van der Waals surface area contributed by atoms with Crippen LogP contribution in [-0.2, 0) is 20.3 Å². The highest BCUT2D eigenvalue weighted by molar-refractivity contribution is 7.90. The molecule has 2 rings (SSSR count). The number of carbonyl (C=O) groups excluding carboxylic acids is 1. The monoisotopic (exact) mass is 296 g/mol. The standard InChI is InChI=1S/C11H12N4O4S/c1-19-9(16)8-4-2-7(3-5-8)6-20(17,18)11-13-10(12)14-15-11/h2-5H,6H2,1H3,(H3,12,13,14,15). The van der Waals surface area contributed by atoms with Crippen molar-refractivity contribution in [2.24, 2.45) is 0 Å². The van der Waals surface area contributed by atoms with Crippen LogP contribution in [-0.4, -0.2) is 36.7 Å². The first-order valence-electron chi connectivity index (χ1n) is 5.50. The normalized spacial score (nSPS) is 11.2. The third-order valence-electron chi connectivity index (χ3n) is 2.51. The van der Waals surface area contributed by atoms with Gasteiger partial charge in [0, 0.05) is 0 Å². The maximum Gasteiger partial charge on any atom is 0.337 e. The van der Waals surface area contributed by atoms with Crippen LogP contribution in [0.3, 0.4) is 0 Å². The van der Waals surface area contributed by atoms with E-state index in [0.29, 0.717) is 11.1 Å². The van der Waals surface area contributed by atoms with Gasteiger partial charge in [0.15, 0.2) is 0 Å². The first-order valence-corrected chi connectivity index (χ1v) is 7.15. The minimum absolute atomic E-state index is 0.135. The van der Waals surface area contributed by atoms with Crippen molar-refractivity contribution >= 4 is 21.8 Å². The average molecular weight is 296 g/mol. The van der Waals surface area contributed by atoms with E-state index in [4.69, 9.17) is 5.73 Å². The molecule has 8 nitrogen and oxygen atoms in total. The molecular formula is C11H12N4O4S. The highest BCUT2D eigenvalue weighted by atomic mass is 32.2. The minimum Gasteiger partial charge on any atom is -0.465 e. The summed E-state index contributed by atoms with van der Waals surface area (Å²) in [6.07, 6.45) is 0. The lowest BCUT2D eigenvalue weighted by Crippen LogP contribution is -2.08. The number of H-pyrrole nitrogens is 1. The zero-order chi connectivity index (χ0) is 14.8. The van der Waals surface area contributed by atoms with Gasteiger partial charge in [0.25, 0.3) is 0 Å². The predicted octanol–water partition coefficient (Wildman–Crippen LogP) is 0.147. The quantitative estimate of drug-likeness (QED) is 0.768. The van der Waals surface area contributed by atoms with Crippen molar-refractivity contribution in [3.05, 3.63) is 35.4 Å². The summed E-state index contributed by atoms with van der Waals surface area (Å²) in [6.45, 7) is 0. The Kier molecular flexibility index (Phi) is 3.70. The molecule has 0 saturated heterocycles. The van der Waals surface area contributed by atoms with Crippen LogP contribution >= 0.6 is 0 Å². The molecular weight excluding hydrogens is 284 g/mol. The topological polar surface area (TPSA) is 128 Å². The van der Waals surface area contributed by atoms with Gasteiger partial charge in [-0.15, -0.1) is 5.10 Å². The Bertz CT molecular complexity index is 721. The number of methoxy groups -OCH3 is 1. The van der Waals surface area contributed by atoms with Gasteiger partial charge in [0.05, 0.1) is 18.4 Å². The fourth-order valence-corrected chi connectivity index (χ4v) is 2.73. The molecule has 0 radical (unpaired) electrons. The van der Waals surface area contributed by atoms with E-state index in [1.165, 1.54) is 31.4 Å². The Hall–Kier alpha value is -2.42. The first-order chi connectivity index (χ1) is 9.42. The van der Waals surface area contributed by atoms with Crippen molar-refractivity contribution in [2.45, 2.75) is 10.9 Å². The van der Waals surface area contributed by atoms with Crippen molar-refractivity contribution in [1.82, 2.24) is 15.2 Å². The molecule has 3 N–H and O–H groups in total. The van der Waals surface area contributed by atoms with Crippen LogP contribution in [0.5, 0.6) is 0 Å². The SMILES string of the molecule is COC(=O)c1ccc(CS(=O)(=O)c2nc(N)n[nH]2)cc1. The molecule has 1 aromatic carbocycles. The Morgan fingerprint density at radius 1 is 1.35 bits per heavy atom. The number of rotatable bonds is 4. The van der Waals surface area contributed by atoms with E-state index < -0.39 is 15.8 Å². The Labute approximate surface area is 114 Å². The van der Waals surface area contributed by atoms with Crippen molar-refractivity contribution < 1.29 is 17.9 Å². The Balaban J connectivity index is 2.20. The van der Waals surface area contributed by atoms with Crippen LogP contribution in [0.1, 0.15) is 15.9 Å². The number of hydrogen-bond donors (Lipinski definition) is 2. The minimum atomic E-state index is -3.66. The third-order valence-corrected chi connectivity index (χ3v) is 3.99. The van der Waals surface area contributed by atoms with E-state index in [-0.39, 0.29) is 16.9 Å². The zero-order valence-corrected chi connectivity index (χ0v) is 11.3. The molecule has 0 bridgehead atoms. The van der Waals surface area contributed by atoms with Gasteiger partial charge in [-0.05, 0) is 17.7 Å². The number of aromatic nitrogens is 3. The molecule has 0 aliphatic carbocycles. The molecule has 106 valence electrons. The fraction of sp³-hybridized carbons (Fsp3) is 0.182. The number of hydrogen-bond acceptors (Lipinski definition) is 7. The first kappa shape index (κ1) is 14.0. The highest BCUT2D eigenvalue weighted by Crippen LogP contribution is 2.14. The summed E-state index contributed by atoms with van der Waals surface area (Å²) in [5.74, 6) is -0.893. The molecule has 1 aromatic heterocycles. The van der Waals surface area contributed by atoms with Crippen LogP contribution in [0.25, 0.3) is 0 Å². The zero-order valence-electron chi connectivity index (χ0n) is 10.5. The highest BCUT2D eigenvalue weighted by Gasteiger charge is 2.20. The molecule has 0 unspecified atom stereocenters. The third kappa shape index (κ3) is 2.94. The van der Waals surface area contributed by atoms with Gasteiger partial charge in [-0.3, -0.25) is 0 Å². The summed E-state index contributed by atoms with van der Waals surface area (Å²) in [5.41, 5.74) is 6.12. The molecule has 0 fully saturated rings. The number of carbonyl (C=O) groups is 1. The molecule has 0 spiro atoms. The van der Waals surface area contributed by atoms with Crippen molar-refractivity contribution in [3.8, 4) is 0 Å². The number of sulfone groups is 1. The van der Waals surface area contributed by atoms with E-state index in [9.17, 15) is 13.2 Å². The maximum absolute atomic E-state index is 12.0. The summed E-state index contributed by atoms with van der Waals surface area (Å²) in [6, 6.07) is 6.05. The van der Waals surface area contributed by atoms with Crippen molar-refractivity contribution in [3.63, 3.8) is 0 Å². The molecule has 9 heteroatoms. The second kappa shape index (κ2) is 5.29. The molecule has 0 atom stereocenters. The second-order valence-electron chi connectivity index (χ2n) is 3.95. The number of nitrogens with zero attached hydrogens (tertiary/aromatic N) is 2. The number of nitrogen functional groups attached to an aromatic ring is 1. The van der Waals surface area contributed by atoms with E-state index in [0.717, 1.165) is 0 Å². The predicted molar refractivity (Wildman–Crippen MR) is 69.5 cm³/mol. The second-order valence-corrected chi connectivity index (χ2v) is 5.85. The van der Waals surface area contributed by atoms with Crippen LogP contribution < -0.4 is 5.73 Å².